The fourth-order valence-corrected chi connectivity index (χ4v) is 6.86. The lowest BCUT2D eigenvalue weighted by Gasteiger charge is -2.15. The predicted octanol–water partition coefficient (Wildman–Crippen LogP) is 10.5. The summed E-state index contributed by atoms with van der Waals surface area (Å²) in [6, 6.07) is 0. The second-order valence-electron chi connectivity index (χ2n) is 9.47. The molecule has 4 heteroatoms. The van der Waals surface area contributed by atoms with Crippen molar-refractivity contribution < 1.29 is 9.90 Å². The molecule has 0 aliphatic carbocycles. The van der Waals surface area contributed by atoms with Crippen molar-refractivity contribution >= 4 is 29.5 Å². The average molecular weight is 489 g/mol. The first-order chi connectivity index (χ1) is 15.7. The topological polar surface area (TPSA) is 37.3 Å². The normalized spacial score (nSPS) is 11.5. The van der Waals surface area contributed by atoms with Gasteiger partial charge in [-0.1, -0.05) is 129 Å². The molecule has 0 bridgehead atoms. The molecule has 32 heavy (non-hydrogen) atoms. The van der Waals surface area contributed by atoms with Crippen molar-refractivity contribution in [2.75, 3.05) is 11.5 Å². The van der Waals surface area contributed by atoms with E-state index in [9.17, 15) is 4.79 Å². The molecule has 192 valence electrons. The van der Waals surface area contributed by atoms with E-state index in [-0.39, 0.29) is 0 Å². The Kier molecular flexibility index (Phi) is 27.6. The van der Waals surface area contributed by atoms with Crippen LogP contribution in [-0.2, 0) is 4.79 Å². The smallest absolute Gasteiger partial charge is 0.303 e. The molecule has 0 unspecified atom stereocenters. The first-order valence-corrected chi connectivity index (χ1v) is 16.3. The van der Waals surface area contributed by atoms with Gasteiger partial charge in [0.25, 0.3) is 0 Å². The molecule has 0 aliphatic heterocycles. The second kappa shape index (κ2) is 27.4. The van der Waals surface area contributed by atoms with Crippen LogP contribution in [-0.4, -0.2) is 27.2 Å². The zero-order valence-corrected chi connectivity index (χ0v) is 23.4. The molecule has 0 rings (SSSR count). The lowest BCUT2D eigenvalue weighted by molar-refractivity contribution is -0.137. The van der Waals surface area contributed by atoms with Crippen molar-refractivity contribution in [3.63, 3.8) is 0 Å². The Morgan fingerprint density at radius 2 is 0.875 bits per heavy atom. The van der Waals surface area contributed by atoms with Gasteiger partial charge in [-0.15, -0.1) is 23.5 Å². The van der Waals surface area contributed by atoms with Crippen molar-refractivity contribution in [1.29, 1.82) is 0 Å². The van der Waals surface area contributed by atoms with Crippen molar-refractivity contribution in [3.8, 4) is 0 Å². The van der Waals surface area contributed by atoms with E-state index in [1.54, 1.807) is 0 Å². The van der Waals surface area contributed by atoms with Gasteiger partial charge in [-0.25, -0.2) is 0 Å². The minimum atomic E-state index is -0.644. The second-order valence-corrected chi connectivity index (χ2v) is 12.4. The minimum absolute atomic E-state index is 0.320. The first-order valence-electron chi connectivity index (χ1n) is 14.2. The Morgan fingerprint density at radius 3 is 1.19 bits per heavy atom. The summed E-state index contributed by atoms with van der Waals surface area (Å²) in [6.45, 7) is 4.56. The van der Waals surface area contributed by atoms with Crippen LogP contribution in [0, 0.1) is 0 Å². The molecule has 0 radical (unpaired) electrons. The number of thioether (sulfide) groups is 2. The standard InChI is InChI=1S/C28H56O2S2/c1-3-5-7-9-11-13-15-17-19-21-25-31-28(24-23-27(29)30)32-26-22-20-18-16-14-12-10-8-6-4-2/h28H,3-26H2,1-2H3,(H,29,30). The van der Waals surface area contributed by atoms with Gasteiger partial charge < -0.3 is 5.11 Å². The van der Waals surface area contributed by atoms with Gasteiger partial charge in [0.05, 0.1) is 4.58 Å². The zero-order chi connectivity index (χ0) is 23.5. The number of hydrogen-bond acceptors (Lipinski definition) is 3. The van der Waals surface area contributed by atoms with Crippen LogP contribution in [0.2, 0.25) is 0 Å². The van der Waals surface area contributed by atoms with Crippen LogP contribution in [0.1, 0.15) is 155 Å². The van der Waals surface area contributed by atoms with Crippen LogP contribution in [0.4, 0.5) is 0 Å². The Morgan fingerprint density at radius 1 is 0.562 bits per heavy atom. The van der Waals surface area contributed by atoms with Crippen molar-refractivity contribution in [3.05, 3.63) is 0 Å². The van der Waals surface area contributed by atoms with Gasteiger partial charge in [-0.3, -0.25) is 4.79 Å². The molecule has 1 N–H and O–H groups in total. The quantitative estimate of drug-likeness (QED) is 0.0921. The lowest BCUT2D eigenvalue weighted by atomic mass is 10.1. The van der Waals surface area contributed by atoms with Gasteiger partial charge in [0.15, 0.2) is 0 Å². The molecule has 0 aliphatic rings. The van der Waals surface area contributed by atoms with Gasteiger partial charge in [-0.2, -0.15) is 0 Å². The average Bonchev–Trinajstić information content (AvgIpc) is 2.78. The van der Waals surface area contributed by atoms with E-state index in [2.05, 4.69) is 13.8 Å². The highest BCUT2D eigenvalue weighted by molar-refractivity contribution is 8.17. The maximum Gasteiger partial charge on any atom is 0.303 e. The Balaban J connectivity index is 3.63. The number of carbonyl (C=O) groups is 1. The van der Waals surface area contributed by atoms with Gasteiger partial charge in [0.2, 0.25) is 0 Å². The summed E-state index contributed by atoms with van der Waals surface area (Å²) in [5.41, 5.74) is 0. The highest BCUT2D eigenvalue weighted by Gasteiger charge is 2.12. The highest BCUT2D eigenvalue weighted by atomic mass is 32.2. The van der Waals surface area contributed by atoms with Crippen LogP contribution >= 0.6 is 23.5 Å². The molecule has 2 nitrogen and oxygen atoms in total. The molecule has 0 atom stereocenters. The summed E-state index contributed by atoms with van der Waals surface area (Å²) in [5.74, 6) is 1.76. The Hall–Kier alpha value is 0.170. The molecule has 0 fully saturated rings. The number of carboxylic acid groups (broad SMARTS) is 1. The van der Waals surface area contributed by atoms with E-state index in [1.807, 2.05) is 23.5 Å². The molecule has 0 saturated carbocycles. The molecule has 0 aromatic heterocycles. The van der Waals surface area contributed by atoms with Crippen LogP contribution in [0.15, 0.2) is 0 Å². The number of carboxylic acids is 1. The molecule has 0 aromatic carbocycles. The summed E-state index contributed by atoms with van der Waals surface area (Å²) < 4.78 is 0.475. The third-order valence-electron chi connectivity index (χ3n) is 6.20. The van der Waals surface area contributed by atoms with Gasteiger partial charge in [0.1, 0.15) is 0 Å². The van der Waals surface area contributed by atoms with Crippen LogP contribution in [0.5, 0.6) is 0 Å². The van der Waals surface area contributed by atoms with E-state index in [0.29, 0.717) is 11.0 Å². The van der Waals surface area contributed by atoms with Crippen molar-refractivity contribution in [2.24, 2.45) is 0 Å². The van der Waals surface area contributed by atoms with Gasteiger partial charge in [0, 0.05) is 6.42 Å². The summed E-state index contributed by atoms with van der Waals surface area (Å²) >= 11 is 4.04. The Bertz CT molecular complexity index is 350. The minimum Gasteiger partial charge on any atom is -0.481 e. The fourth-order valence-electron chi connectivity index (χ4n) is 4.06. The first kappa shape index (κ1) is 32.2. The number of rotatable bonds is 27. The summed E-state index contributed by atoms with van der Waals surface area (Å²) in [5, 5.41) is 9.06. The third-order valence-corrected chi connectivity index (χ3v) is 9.28. The lowest BCUT2D eigenvalue weighted by Crippen LogP contribution is -2.05. The van der Waals surface area contributed by atoms with Crippen molar-refractivity contribution in [1.82, 2.24) is 0 Å². The van der Waals surface area contributed by atoms with E-state index >= 15 is 0 Å². The summed E-state index contributed by atoms with van der Waals surface area (Å²) in [6.07, 6.45) is 28.8. The largest absolute Gasteiger partial charge is 0.481 e. The van der Waals surface area contributed by atoms with Gasteiger partial charge >= 0.3 is 5.97 Å². The fraction of sp³-hybridized carbons (Fsp3) is 0.964. The number of aliphatic carboxylic acids is 1. The number of hydrogen-bond donors (Lipinski definition) is 1. The molecule has 0 saturated heterocycles. The molecular formula is C28H56O2S2. The molecule has 0 amide bonds. The SMILES string of the molecule is CCCCCCCCCCCCSC(CCC(=O)O)SCCCCCCCCCCCC. The molecule has 0 heterocycles. The van der Waals surface area contributed by atoms with E-state index in [0.717, 1.165) is 6.42 Å². The molecule has 0 spiro atoms. The monoisotopic (exact) mass is 488 g/mol. The van der Waals surface area contributed by atoms with Crippen LogP contribution in [0.3, 0.4) is 0 Å². The van der Waals surface area contributed by atoms with Crippen molar-refractivity contribution in [2.45, 2.75) is 160 Å². The summed E-state index contributed by atoms with van der Waals surface area (Å²) in [7, 11) is 0. The highest BCUT2D eigenvalue weighted by Crippen LogP contribution is 2.30. The van der Waals surface area contributed by atoms with Crippen LogP contribution in [0.25, 0.3) is 0 Å². The zero-order valence-electron chi connectivity index (χ0n) is 21.7. The third kappa shape index (κ3) is 26.4. The van der Waals surface area contributed by atoms with Crippen LogP contribution < -0.4 is 0 Å². The maximum absolute atomic E-state index is 11.0. The van der Waals surface area contributed by atoms with E-state index < -0.39 is 5.97 Å². The predicted molar refractivity (Wildman–Crippen MR) is 149 cm³/mol. The van der Waals surface area contributed by atoms with E-state index in [1.165, 1.54) is 140 Å². The van der Waals surface area contributed by atoms with E-state index in [4.69, 9.17) is 5.11 Å². The number of unbranched alkanes of at least 4 members (excludes halogenated alkanes) is 18. The summed E-state index contributed by atoms with van der Waals surface area (Å²) in [4.78, 5) is 11.0. The molecule has 0 aromatic rings. The molecular weight excluding hydrogens is 432 g/mol. The van der Waals surface area contributed by atoms with Gasteiger partial charge in [-0.05, 0) is 30.8 Å². The maximum atomic E-state index is 11.0. The Labute approximate surface area is 210 Å².